The highest BCUT2D eigenvalue weighted by atomic mass is 16.5. The quantitative estimate of drug-likeness (QED) is 0.447. The van der Waals surface area contributed by atoms with E-state index in [9.17, 15) is 14.8 Å². The van der Waals surface area contributed by atoms with Crippen molar-refractivity contribution in [1.29, 1.82) is 0 Å². The number of fused-ring (bicyclic) bond motifs is 1. The lowest BCUT2D eigenvalue weighted by Crippen LogP contribution is -2.29. The second-order valence-corrected chi connectivity index (χ2v) is 3.27. The highest BCUT2D eigenvalue weighted by molar-refractivity contribution is 6.14. The van der Waals surface area contributed by atoms with Gasteiger partial charge in [0.15, 0.2) is 5.92 Å². The van der Waals surface area contributed by atoms with Crippen molar-refractivity contribution in [3.63, 3.8) is 0 Å². The zero-order chi connectivity index (χ0) is 11.7. The predicted octanol–water partition coefficient (Wildman–Crippen LogP) is 0.464. The summed E-state index contributed by atoms with van der Waals surface area (Å²) in [4.78, 5) is 27.0. The number of aromatic nitrogens is 1. The first kappa shape index (κ1) is 10.6. The summed E-state index contributed by atoms with van der Waals surface area (Å²) in [5.74, 6) is -2.44. The number of carbonyl (C=O) groups excluding carboxylic acids is 2. The van der Waals surface area contributed by atoms with Gasteiger partial charge in [0, 0.05) is 11.8 Å². The molecule has 84 valence electrons. The van der Waals surface area contributed by atoms with Crippen LogP contribution < -0.4 is 5.06 Å². The molecule has 1 aromatic heterocycles. The van der Waals surface area contributed by atoms with Gasteiger partial charge in [-0.15, -0.1) is 0 Å². The molecule has 0 fully saturated rings. The van der Waals surface area contributed by atoms with Crippen LogP contribution in [0.4, 0.5) is 5.69 Å². The lowest BCUT2D eigenvalue weighted by molar-refractivity contribution is -0.148. The van der Waals surface area contributed by atoms with Gasteiger partial charge in [0.1, 0.15) is 0 Å². The number of carbonyl (C=O) groups is 2. The Kier molecular flexibility index (Phi) is 2.57. The number of anilines is 1. The van der Waals surface area contributed by atoms with Gasteiger partial charge in [0.25, 0.3) is 5.91 Å². The molecular formula is C10H10N2O4. The molecule has 1 amide bonds. The summed E-state index contributed by atoms with van der Waals surface area (Å²) in [6.45, 7) is 1.84. The van der Waals surface area contributed by atoms with E-state index in [4.69, 9.17) is 4.74 Å². The zero-order valence-electron chi connectivity index (χ0n) is 8.58. The van der Waals surface area contributed by atoms with Gasteiger partial charge in [-0.25, -0.2) is 0 Å². The molecule has 1 aliphatic heterocycles. The number of amides is 1. The second-order valence-electron chi connectivity index (χ2n) is 3.27. The Morgan fingerprint density at radius 3 is 3.12 bits per heavy atom. The van der Waals surface area contributed by atoms with E-state index >= 15 is 0 Å². The van der Waals surface area contributed by atoms with Crippen LogP contribution in [0.15, 0.2) is 18.5 Å². The highest BCUT2D eigenvalue weighted by Crippen LogP contribution is 2.35. The number of pyridine rings is 1. The number of ether oxygens (including phenoxy) is 1. The molecule has 16 heavy (non-hydrogen) atoms. The summed E-state index contributed by atoms with van der Waals surface area (Å²) >= 11 is 0. The minimum atomic E-state index is -1.08. The number of nitrogens with zero attached hydrogens (tertiary/aromatic N) is 2. The van der Waals surface area contributed by atoms with E-state index in [1.54, 1.807) is 6.92 Å². The van der Waals surface area contributed by atoms with Crippen molar-refractivity contribution in [2.75, 3.05) is 11.7 Å². The molecule has 0 aromatic carbocycles. The van der Waals surface area contributed by atoms with Gasteiger partial charge < -0.3 is 4.74 Å². The van der Waals surface area contributed by atoms with Gasteiger partial charge in [-0.3, -0.25) is 19.8 Å². The monoisotopic (exact) mass is 222 g/mol. The molecule has 2 heterocycles. The van der Waals surface area contributed by atoms with Crippen molar-refractivity contribution in [2.45, 2.75) is 12.8 Å². The summed E-state index contributed by atoms with van der Waals surface area (Å²) in [7, 11) is 0. The maximum atomic E-state index is 11.6. The average molecular weight is 222 g/mol. The van der Waals surface area contributed by atoms with E-state index in [0.717, 1.165) is 0 Å². The zero-order valence-corrected chi connectivity index (χ0v) is 8.58. The molecule has 6 heteroatoms. The van der Waals surface area contributed by atoms with Crippen LogP contribution in [0.3, 0.4) is 0 Å². The largest absolute Gasteiger partial charge is 0.465 e. The molecule has 0 saturated carbocycles. The third-order valence-corrected chi connectivity index (χ3v) is 2.35. The van der Waals surface area contributed by atoms with Gasteiger partial charge in [-0.2, -0.15) is 5.06 Å². The van der Waals surface area contributed by atoms with Gasteiger partial charge in [0.05, 0.1) is 18.5 Å². The fourth-order valence-corrected chi connectivity index (χ4v) is 1.65. The van der Waals surface area contributed by atoms with Crippen LogP contribution in [-0.2, 0) is 14.3 Å². The van der Waals surface area contributed by atoms with E-state index in [-0.39, 0.29) is 12.3 Å². The average Bonchev–Trinajstić information content (AvgIpc) is 2.53. The van der Waals surface area contributed by atoms with E-state index in [1.807, 2.05) is 0 Å². The van der Waals surface area contributed by atoms with Crippen molar-refractivity contribution in [3.05, 3.63) is 24.0 Å². The Morgan fingerprint density at radius 2 is 2.44 bits per heavy atom. The standard InChI is InChI=1S/C10H10N2O4/c1-2-16-10(14)8-6-3-4-11-5-7(6)12(15)9(8)13/h3-5,8,15H,2H2,1H3/t8-/m0/s1. The third kappa shape index (κ3) is 1.43. The van der Waals surface area contributed by atoms with Crippen molar-refractivity contribution >= 4 is 17.6 Å². The number of esters is 1. The molecule has 0 radical (unpaired) electrons. The van der Waals surface area contributed by atoms with Gasteiger partial charge >= 0.3 is 5.97 Å². The number of hydroxylamine groups is 1. The minimum absolute atomic E-state index is 0.189. The summed E-state index contributed by atoms with van der Waals surface area (Å²) < 4.78 is 4.78. The van der Waals surface area contributed by atoms with Crippen LogP contribution in [-0.4, -0.2) is 28.7 Å². The maximum Gasteiger partial charge on any atom is 0.323 e. The van der Waals surface area contributed by atoms with Gasteiger partial charge in [-0.1, -0.05) is 0 Å². The van der Waals surface area contributed by atoms with Gasteiger partial charge in [0.2, 0.25) is 0 Å². The van der Waals surface area contributed by atoms with Crippen LogP contribution in [0, 0.1) is 0 Å². The topological polar surface area (TPSA) is 79.7 Å². The molecule has 1 aliphatic rings. The van der Waals surface area contributed by atoms with Crippen molar-refractivity contribution in [1.82, 2.24) is 4.98 Å². The Morgan fingerprint density at radius 1 is 1.69 bits per heavy atom. The van der Waals surface area contributed by atoms with Crippen LogP contribution in [0.25, 0.3) is 0 Å². The molecule has 0 bridgehead atoms. The smallest absolute Gasteiger partial charge is 0.323 e. The normalized spacial score (nSPS) is 18.5. The Bertz CT molecular complexity index is 446. The number of rotatable bonds is 2. The first-order chi connectivity index (χ1) is 7.66. The molecule has 0 saturated heterocycles. The Balaban J connectivity index is 2.41. The Hall–Kier alpha value is -1.95. The van der Waals surface area contributed by atoms with Crippen molar-refractivity contribution in [3.8, 4) is 0 Å². The molecular weight excluding hydrogens is 212 g/mol. The summed E-state index contributed by atoms with van der Waals surface area (Å²) in [5.41, 5.74) is 0.645. The first-order valence-corrected chi connectivity index (χ1v) is 4.80. The summed E-state index contributed by atoms with van der Waals surface area (Å²) in [5, 5.41) is 9.91. The third-order valence-electron chi connectivity index (χ3n) is 2.35. The lowest BCUT2D eigenvalue weighted by atomic mass is 10.0. The molecule has 0 unspecified atom stereocenters. The predicted molar refractivity (Wildman–Crippen MR) is 52.9 cm³/mol. The van der Waals surface area contributed by atoms with E-state index in [1.165, 1.54) is 18.5 Å². The van der Waals surface area contributed by atoms with Crippen molar-refractivity contribution in [2.24, 2.45) is 0 Å². The van der Waals surface area contributed by atoms with Crippen LogP contribution in [0.5, 0.6) is 0 Å². The molecule has 1 aromatic rings. The second kappa shape index (κ2) is 3.90. The van der Waals surface area contributed by atoms with Gasteiger partial charge in [-0.05, 0) is 13.0 Å². The van der Waals surface area contributed by atoms with Crippen LogP contribution in [0.2, 0.25) is 0 Å². The summed E-state index contributed by atoms with van der Waals surface area (Å²) in [6, 6.07) is 1.52. The Labute approximate surface area is 91.4 Å². The number of hydrogen-bond acceptors (Lipinski definition) is 5. The van der Waals surface area contributed by atoms with E-state index in [0.29, 0.717) is 10.6 Å². The molecule has 1 N–H and O–H groups in total. The van der Waals surface area contributed by atoms with Crippen molar-refractivity contribution < 1.29 is 19.5 Å². The molecule has 0 spiro atoms. The summed E-state index contributed by atoms with van der Waals surface area (Å²) in [6.07, 6.45) is 2.78. The van der Waals surface area contributed by atoms with Crippen LogP contribution in [0.1, 0.15) is 18.4 Å². The first-order valence-electron chi connectivity index (χ1n) is 4.80. The van der Waals surface area contributed by atoms with E-state index in [2.05, 4.69) is 4.98 Å². The minimum Gasteiger partial charge on any atom is -0.465 e. The van der Waals surface area contributed by atoms with Crippen LogP contribution >= 0.6 is 0 Å². The fourth-order valence-electron chi connectivity index (χ4n) is 1.65. The molecule has 2 rings (SSSR count). The fraction of sp³-hybridized carbons (Fsp3) is 0.300. The number of hydrogen-bond donors (Lipinski definition) is 1. The SMILES string of the molecule is CCOC(=O)[C@@H]1C(=O)N(O)c2cnccc21. The molecule has 6 nitrogen and oxygen atoms in total. The molecule has 0 aliphatic carbocycles. The highest BCUT2D eigenvalue weighted by Gasteiger charge is 2.42. The van der Waals surface area contributed by atoms with E-state index < -0.39 is 17.8 Å². The lowest BCUT2D eigenvalue weighted by Gasteiger charge is -2.08. The maximum absolute atomic E-state index is 11.6. The molecule has 1 atom stereocenters.